The molecule has 6 rings (SSSR count). The number of fused-ring (bicyclic) bond motifs is 2. The lowest BCUT2D eigenvalue weighted by atomic mass is 9.56. The molecule has 2 amide bonds. The van der Waals surface area contributed by atoms with Crippen molar-refractivity contribution in [1.29, 1.82) is 0 Å². The number of aliphatic hydroxyl groups excluding tert-OH is 2. The predicted molar refractivity (Wildman–Crippen MR) is 232 cm³/mol. The van der Waals surface area contributed by atoms with Gasteiger partial charge in [-0.1, -0.05) is 60.5 Å². The molecule has 1 fully saturated rings. The number of nitrogens with one attached hydrogen (secondary N) is 2. The highest BCUT2D eigenvalue weighted by Crippen LogP contribution is 2.63. The lowest BCUT2D eigenvalue weighted by Crippen LogP contribution is -2.64. The third-order valence-electron chi connectivity index (χ3n) is 11.0. The Morgan fingerprint density at radius 1 is 1.00 bits per heavy atom. The quantitative estimate of drug-likeness (QED) is 0.0560. The highest BCUT2D eigenvalue weighted by Gasteiger charge is 2.64. The number of amides is 2. The molecule has 0 bridgehead atoms. The minimum atomic E-state index is -1.19. The van der Waals surface area contributed by atoms with Gasteiger partial charge in [0.15, 0.2) is 0 Å². The van der Waals surface area contributed by atoms with E-state index < -0.39 is 17.5 Å². The van der Waals surface area contributed by atoms with Gasteiger partial charge in [0.2, 0.25) is 11.7 Å². The summed E-state index contributed by atoms with van der Waals surface area (Å²) in [5.74, 6) is -0.658. The molecular formula is C47H59N3O8S. The highest BCUT2D eigenvalue weighted by atomic mass is 32.2. The number of ether oxygens (including phenoxy) is 3. The maximum absolute atomic E-state index is 13.2. The first kappa shape index (κ1) is 43.9. The smallest absolute Gasteiger partial charge is 0.412 e. The molecule has 3 aliphatic rings. The number of anilines is 1. The van der Waals surface area contributed by atoms with Crippen LogP contribution < -0.4 is 20.1 Å². The molecule has 0 spiro atoms. The molecule has 0 saturated heterocycles. The van der Waals surface area contributed by atoms with Gasteiger partial charge in [-0.2, -0.15) is 0 Å². The number of allylic oxidation sites excluding steroid dienone is 1. The number of carbonyl (C=O) groups excluding carboxylic acids is 2. The molecule has 0 aromatic heterocycles. The van der Waals surface area contributed by atoms with E-state index in [1.54, 1.807) is 23.9 Å². The van der Waals surface area contributed by atoms with Crippen molar-refractivity contribution in [2.45, 2.75) is 107 Å². The Kier molecular flexibility index (Phi) is 15.0. The Balaban J connectivity index is 1.49. The van der Waals surface area contributed by atoms with E-state index in [1.165, 1.54) is 6.92 Å². The second-order valence-corrected chi connectivity index (χ2v) is 17.8. The molecule has 0 radical (unpaired) electrons. The Morgan fingerprint density at radius 2 is 1.73 bits per heavy atom. The van der Waals surface area contributed by atoms with E-state index in [-0.39, 0.29) is 54.6 Å². The standard InChI is InChI=1S/C47H59N3O8S/c1-6-26-55-47-42(59-36-21-18-34(19-22-36)49-31(2)53)29-40(50-58-46(3,4)5)38-27-33(16-10-12-24-51)37(17-11-13-25-52)43(44(38)47)39-28-35(20-23-41(39)57-47)56-45(54)48-30-32-14-8-7-9-15-32/h6-9,14-15,18-23,27-28,33,37,42-44,51-52H,1,10-13,16-17,24-26,29-30H2,2-5H3,(H,48,54)(H,49,53)/t33-,37+,42-,43+,44+,47+/m0/s1. The first-order valence-corrected chi connectivity index (χ1v) is 21.6. The molecule has 4 N–H and O–H groups in total. The second kappa shape index (κ2) is 20.1. The number of oxime groups is 1. The minimum Gasteiger partial charge on any atom is -0.460 e. The predicted octanol–water partition coefficient (Wildman–Crippen LogP) is 9.16. The van der Waals surface area contributed by atoms with Crippen LogP contribution in [0, 0.1) is 17.8 Å². The third-order valence-corrected chi connectivity index (χ3v) is 12.3. The fourth-order valence-electron chi connectivity index (χ4n) is 8.58. The van der Waals surface area contributed by atoms with Crippen molar-refractivity contribution >= 4 is 35.2 Å². The summed E-state index contributed by atoms with van der Waals surface area (Å²) in [5, 5.41) is 30.1. The largest absolute Gasteiger partial charge is 0.460 e. The van der Waals surface area contributed by atoms with E-state index in [4.69, 9.17) is 24.2 Å². The summed E-state index contributed by atoms with van der Waals surface area (Å²) in [5.41, 5.74) is 3.85. The number of rotatable bonds is 18. The number of benzene rings is 3. The first-order valence-electron chi connectivity index (χ1n) is 20.7. The van der Waals surface area contributed by atoms with E-state index >= 15 is 0 Å². The van der Waals surface area contributed by atoms with E-state index in [0.29, 0.717) is 43.0 Å². The normalized spacial score (nSPS) is 23.9. The minimum absolute atomic E-state index is 0.0796. The average molecular weight is 826 g/mol. The van der Waals surface area contributed by atoms with Crippen LogP contribution in [0.15, 0.2) is 107 Å². The molecule has 6 atom stereocenters. The summed E-state index contributed by atoms with van der Waals surface area (Å²) in [6, 6.07) is 23.0. The number of unbranched alkanes of at least 4 members (excludes halogenated alkanes) is 2. The van der Waals surface area contributed by atoms with Gasteiger partial charge in [0, 0.05) is 55.2 Å². The van der Waals surface area contributed by atoms with Gasteiger partial charge in [0.1, 0.15) is 17.1 Å². The van der Waals surface area contributed by atoms with Crippen molar-refractivity contribution in [2.24, 2.45) is 22.9 Å². The van der Waals surface area contributed by atoms with E-state index in [0.717, 1.165) is 53.0 Å². The Bertz CT molecular complexity index is 1960. The van der Waals surface area contributed by atoms with Crippen LogP contribution in [0.2, 0.25) is 0 Å². The zero-order valence-corrected chi connectivity index (χ0v) is 35.5. The fourth-order valence-corrected chi connectivity index (χ4v) is 9.87. The summed E-state index contributed by atoms with van der Waals surface area (Å²) in [7, 11) is 0. The molecule has 0 unspecified atom stereocenters. The van der Waals surface area contributed by atoms with Gasteiger partial charge >= 0.3 is 6.09 Å². The van der Waals surface area contributed by atoms with Crippen LogP contribution in [0.4, 0.5) is 10.5 Å². The van der Waals surface area contributed by atoms with Gasteiger partial charge in [-0.3, -0.25) is 4.79 Å². The van der Waals surface area contributed by atoms with Crippen molar-refractivity contribution in [3.8, 4) is 11.5 Å². The molecule has 1 saturated carbocycles. The third kappa shape index (κ3) is 11.0. The van der Waals surface area contributed by atoms with Crippen LogP contribution in [0.5, 0.6) is 11.5 Å². The molecule has 11 nitrogen and oxygen atoms in total. The van der Waals surface area contributed by atoms with E-state index in [1.807, 2.05) is 87.5 Å². The van der Waals surface area contributed by atoms with Crippen molar-refractivity contribution < 1.29 is 38.9 Å². The van der Waals surface area contributed by atoms with Crippen LogP contribution in [0.3, 0.4) is 0 Å². The van der Waals surface area contributed by atoms with Gasteiger partial charge < -0.3 is 39.9 Å². The molecule has 3 aromatic rings. The fraction of sp³-hybridized carbons (Fsp3) is 0.468. The van der Waals surface area contributed by atoms with E-state index in [9.17, 15) is 19.8 Å². The maximum Gasteiger partial charge on any atom is 0.412 e. The molecule has 2 aliphatic carbocycles. The molecule has 316 valence electrons. The first-order chi connectivity index (χ1) is 28.4. The van der Waals surface area contributed by atoms with Crippen molar-refractivity contribution in [2.75, 3.05) is 25.1 Å². The highest BCUT2D eigenvalue weighted by molar-refractivity contribution is 8.00. The van der Waals surface area contributed by atoms with Gasteiger partial charge in [-0.15, -0.1) is 18.3 Å². The monoisotopic (exact) mass is 825 g/mol. The van der Waals surface area contributed by atoms with Gasteiger partial charge in [0.25, 0.3) is 0 Å². The second-order valence-electron chi connectivity index (χ2n) is 16.5. The van der Waals surface area contributed by atoms with Gasteiger partial charge in [-0.25, -0.2) is 4.79 Å². The Morgan fingerprint density at radius 3 is 2.41 bits per heavy atom. The number of hydrogen-bond acceptors (Lipinski definition) is 10. The van der Waals surface area contributed by atoms with Crippen molar-refractivity contribution in [3.05, 3.63) is 108 Å². The lowest BCUT2D eigenvalue weighted by molar-refractivity contribution is -0.223. The van der Waals surface area contributed by atoms with Crippen LogP contribution in [-0.2, 0) is 20.9 Å². The lowest BCUT2D eigenvalue weighted by Gasteiger charge is -2.58. The van der Waals surface area contributed by atoms with Crippen molar-refractivity contribution in [1.82, 2.24) is 5.32 Å². The molecule has 3 aromatic carbocycles. The van der Waals surface area contributed by atoms with Crippen molar-refractivity contribution in [3.63, 3.8) is 0 Å². The van der Waals surface area contributed by atoms with E-state index in [2.05, 4.69) is 23.3 Å². The molecule has 1 heterocycles. The Hall–Kier alpha value is -4.62. The molecular weight excluding hydrogens is 767 g/mol. The number of carbonyl (C=O) groups is 2. The summed E-state index contributed by atoms with van der Waals surface area (Å²) >= 11 is 1.63. The van der Waals surface area contributed by atoms with Crippen LogP contribution in [-0.4, -0.2) is 64.4 Å². The summed E-state index contributed by atoms with van der Waals surface area (Å²) in [6.07, 6.45) is 8.67. The maximum atomic E-state index is 13.2. The summed E-state index contributed by atoms with van der Waals surface area (Å²) in [6.45, 7) is 12.2. The van der Waals surface area contributed by atoms with Crippen LogP contribution >= 0.6 is 11.8 Å². The zero-order chi connectivity index (χ0) is 42.0. The summed E-state index contributed by atoms with van der Waals surface area (Å²) < 4.78 is 20.2. The van der Waals surface area contributed by atoms with Crippen LogP contribution in [0.25, 0.3) is 0 Å². The Labute approximate surface area is 352 Å². The number of thioether (sulfide) groups is 1. The average Bonchev–Trinajstić information content (AvgIpc) is 3.21. The molecule has 59 heavy (non-hydrogen) atoms. The number of hydrogen-bond donors (Lipinski definition) is 4. The van der Waals surface area contributed by atoms with Gasteiger partial charge in [0.05, 0.1) is 23.5 Å². The van der Waals surface area contributed by atoms with Gasteiger partial charge in [-0.05, 0) is 112 Å². The molecule has 1 aliphatic heterocycles. The number of aliphatic hydroxyl groups is 2. The summed E-state index contributed by atoms with van der Waals surface area (Å²) in [4.78, 5) is 32.2. The topological polar surface area (TPSA) is 148 Å². The van der Waals surface area contributed by atoms with Crippen LogP contribution in [0.1, 0.15) is 89.7 Å². The zero-order valence-electron chi connectivity index (χ0n) is 34.7. The SMILES string of the molecule is C=CCO[C@@]12Oc3ccc(OC(=O)NCc4ccccc4)cc3[C@H]3[C@H](CCCCO)[C@@H](CCCCO)C=C(C(=NOC(C)(C)C)C[C@@H]1Sc1ccc(NC(C)=O)cc1)[C@H]32. The molecule has 12 heteroatoms. The number of nitrogens with zero attached hydrogens (tertiary/aromatic N) is 1.